The van der Waals surface area contributed by atoms with E-state index in [2.05, 4.69) is 14.7 Å². The molecule has 3 rings (SSSR count). The van der Waals surface area contributed by atoms with Crippen molar-refractivity contribution < 1.29 is 27.3 Å². The molecule has 138 valence electrons. The lowest BCUT2D eigenvalue weighted by atomic mass is 10.3. The number of amides is 1. The summed E-state index contributed by atoms with van der Waals surface area (Å²) in [7, 11) is 2.90. The van der Waals surface area contributed by atoms with Gasteiger partial charge in [0, 0.05) is 24.3 Å². The Balaban J connectivity index is 1.72. The van der Waals surface area contributed by atoms with Gasteiger partial charge in [-0.1, -0.05) is 5.16 Å². The summed E-state index contributed by atoms with van der Waals surface area (Å²) in [6.45, 7) is 0.443. The van der Waals surface area contributed by atoms with Gasteiger partial charge in [0.05, 0.1) is 24.1 Å². The number of nitrogens with zero attached hydrogens (tertiary/aromatic N) is 4. The minimum Gasteiger partial charge on any atom is -0.348 e. The Bertz CT molecular complexity index is 915. The number of alkyl halides is 3. The molecule has 1 amide bonds. The average Bonchev–Trinajstić information content (AvgIpc) is 3.32. The van der Waals surface area contributed by atoms with E-state index < -0.39 is 12.1 Å². The number of hydrogen-bond acceptors (Lipinski definition) is 6. The zero-order chi connectivity index (χ0) is 18.9. The Morgan fingerprint density at radius 2 is 2.15 bits per heavy atom. The van der Waals surface area contributed by atoms with Crippen molar-refractivity contribution in [2.45, 2.75) is 12.7 Å². The van der Waals surface area contributed by atoms with Crippen molar-refractivity contribution in [3.63, 3.8) is 0 Å². The molecular formula is C15H13F3N4O3S. The van der Waals surface area contributed by atoms with E-state index in [1.165, 1.54) is 25.5 Å². The fourth-order valence-corrected chi connectivity index (χ4v) is 3.07. The lowest BCUT2D eigenvalue weighted by molar-refractivity contribution is -0.159. The molecule has 11 heteroatoms. The molecule has 0 radical (unpaired) electrons. The maximum atomic E-state index is 12.5. The minimum absolute atomic E-state index is 0.112. The second-order valence-corrected chi connectivity index (χ2v) is 6.41. The molecular weight excluding hydrogens is 373 g/mol. The highest BCUT2D eigenvalue weighted by Gasteiger charge is 2.38. The van der Waals surface area contributed by atoms with E-state index in [4.69, 9.17) is 4.84 Å². The van der Waals surface area contributed by atoms with Crippen LogP contribution >= 0.6 is 11.3 Å². The number of carbonyl (C=O) groups is 1. The number of carbonyl (C=O) groups excluding carboxylic acids is 1. The number of rotatable bonds is 5. The summed E-state index contributed by atoms with van der Waals surface area (Å²) in [6, 6.07) is 5.03. The quantitative estimate of drug-likeness (QED) is 0.629. The third-order valence-corrected chi connectivity index (χ3v) is 4.51. The maximum absolute atomic E-state index is 12.5. The van der Waals surface area contributed by atoms with Crippen molar-refractivity contribution in [1.29, 1.82) is 0 Å². The Kier molecular flexibility index (Phi) is 4.83. The van der Waals surface area contributed by atoms with E-state index in [0.717, 1.165) is 9.94 Å². The third kappa shape index (κ3) is 3.78. The van der Waals surface area contributed by atoms with Crippen molar-refractivity contribution in [3.05, 3.63) is 46.9 Å². The molecule has 26 heavy (non-hydrogen) atoms. The Labute approximate surface area is 149 Å². The molecule has 0 atom stereocenters. The fraction of sp³-hybridized carbons (Fsp3) is 0.267. The monoisotopic (exact) mass is 386 g/mol. The van der Waals surface area contributed by atoms with E-state index in [-0.39, 0.29) is 11.7 Å². The van der Waals surface area contributed by atoms with Crippen molar-refractivity contribution in [2.24, 2.45) is 0 Å². The molecule has 0 saturated heterocycles. The molecule has 3 heterocycles. The summed E-state index contributed by atoms with van der Waals surface area (Å²) in [4.78, 5) is 21.5. The van der Waals surface area contributed by atoms with Crippen LogP contribution in [0.5, 0.6) is 0 Å². The normalized spacial score (nSPS) is 11.7. The molecule has 0 aliphatic heterocycles. The molecule has 0 bridgehead atoms. The lowest BCUT2D eigenvalue weighted by Gasteiger charge is -2.11. The van der Waals surface area contributed by atoms with E-state index in [9.17, 15) is 18.0 Å². The van der Waals surface area contributed by atoms with Crippen LogP contribution in [0.1, 0.15) is 21.1 Å². The van der Waals surface area contributed by atoms with Gasteiger partial charge in [-0.25, -0.2) is 5.06 Å². The van der Waals surface area contributed by atoms with Gasteiger partial charge in [0.1, 0.15) is 0 Å². The molecule has 0 aliphatic carbocycles. The van der Waals surface area contributed by atoms with Crippen molar-refractivity contribution >= 4 is 17.2 Å². The third-order valence-electron chi connectivity index (χ3n) is 3.45. The van der Waals surface area contributed by atoms with E-state index in [0.29, 0.717) is 17.0 Å². The molecule has 0 aromatic carbocycles. The molecule has 3 aromatic rings. The first-order chi connectivity index (χ1) is 12.3. The molecule has 0 spiro atoms. The van der Waals surface area contributed by atoms with Crippen LogP contribution in [0.25, 0.3) is 10.7 Å². The zero-order valence-corrected chi connectivity index (χ0v) is 14.5. The predicted molar refractivity (Wildman–Crippen MR) is 85.2 cm³/mol. The average molecular weight is 386 g/mol. The topological polar surface area (TPSA) is 73.4 Å². The first-order valence-corrected chi connectivity index (χ1v) is 8.07. The van der Waals surface area contributed by atoms with Crippen molar-refractivity contribution in [3.8, 4) is 10.7 Å². The highest BCUT2D eigenvalue weighted by Crippen LogP contribution is 2.31. The van der Waals surface area contributed by atoms with Crippen LogP contribution in [0.15, 0.2) is 35.1 Å². The minimum atomic E-state index is -4.67. The summed E-state index contributed by atoms with van der Waals surface area (Å²) in [6.07, 6.45) is -1.28. The lowest BCUT2D eigenvalue weighted by Crippen LogP contribution is -2.24. The van der Waals surface area contributed by atoms with Crippen LogP contribution in [0.4, 0.5) is 13.2 Å². The van der Waals surface area contributed by atoms with Gasteiger partial charge in [-0.3, -0.25) is 9.63 Å². The summed E-state index contributed by atoms with van der Waals surface area (Å²) >= 11 is 1.24. The Hall–Kier alpha value is -2.66. The van der Waals surface area contributed by atoms with Crippen LogP contribution in [-0.4, -0.2) is 39.8 Å². The van der Waals surface area contributed by atoms with Crippen LogP contribution in [0, 0.1) is 0 Å². The number of hydrogen-bond donors (Lipinski definition) is 0. The van der Waals surface area contributed by atoms with Gasteiger partial charge in [-0.05, 0) is 18.2 Å². The molecule has 7 nitrogen and oxygen atoms in total. The second-order valence-electron chi connectivity index (χ2n) is 5.24. The largest absolute Gasteiger partial charge is 0.471 e. The number of thiophene rings is 1. The first kappa shape index (κ1) is 18.1. The van der Waals surface area contributed by atoms with E-state index in [1.807, 2.05) is 0 Å². The molecule has 0 saturated carbocycles. The smallest absolute Gasteiger partial charge is 0.348 e. The second kappa shape index (κ2) is 6.92. The summed E-state index contributed by atoms with van der Waals surface area (Å²) in [5.41, 5.74) is 0.458. The predicted octanol–water partition coefficient (Wildman–Crippen LogP) is 3.30. The van der Waals surface area contributed by atoms with Gasteiger partial charge in [0.15, 0.2) is 0 Å². The van der Waals surface area contributed by atoms with Crippen molar-refractivity contribution in [1.82, 2.24) is 19.8 Å². The van der Waals surface area contributed by atoms with Gasteiger partial charge < -0.3 is 9.09 Å². The molecule has 0 aliphatic rings. The van der Waals surface area contributed by atoms with Crippen molar-refractivity contribution in [2.75, 3.05) is 14.2 Å². The zero-order valence-electron chi connectivity index (χ0n) is 13.6. The first-order valence-electron chi connectivity index (χ1n) is 7.26. The maximum Gasteiger partial charge on any atom is 0.471 e. The van der Waals surface area contributed by atoms with Gasteiger partial charge in [-0.15, -0.1) is 11.3 Å². The van der Waals surface area contributed by atoms with Gasteiger partial charge >= 0.3 is 12.1 Å². The molecule has 0 fully saturated rings. The summed E-state index contributed by atoms with van der Waals surface area (Å²) in [5, 5.41) is 4.47. The van der Waals surface area contributed by atoms with E-state index >= 15 is 0 Å². The van der Waals surface area contributed by atoms with Gasteiger partial charge in [0.25, 0.3) is 5.91 Å². The molecule has 0 N–H and O–H groups in total. The van der Waals surface area contributed by atoms with Crippen LogP contribution < -0.4 is 0 Å². The molecule has 3 aromatic heterocycles. The van der Waals surface area contributed by atoms with Gasteiger partial charge in [0.2, 0.25) is 5.82 Å². The fourth-order valence-electron chi connectivity index (χ4n) is 2.13. The number of halogens is 3. The van der Waals surface area contributed by atoms with Crippen LogP contribution in [-0.2, 0) is 17.6 Å². The number of aromatic nitrogens is 3. The van der Waals surface area contributed by atoms with Crippen LogP contribution in [0.3, 0.4) is 0 Å². The van der Waals surface area contributed by atoms with Gasteiger partial charge in [-0.2, -0.15) is 18.2 Å². The Morgan fingerprint density at radius 1 is 1.38 bits per heavy atom. The Morgan fingerprint density at radius 3 is 2.81 bits per heavy atom. The summed E-state index contributed by atoms with van der Waals surface area (Å²) in [5.74, 6) is -1.78. The summed E-state index contributed by atoms with van der Waals surface area (Å²) < 4.78 is 43.6. The highest BCUT2D eigenvalue weighted by atomic mass is 32.1. The van der Waals surface area contributed by atoms with E-state index in [1.54, 1.807) is 35.2 Å². The highest BCUT2D eigenvalue weighted by molar-refractivity contribution is 7.15. The standard InChI is InChI=1S/C15H13F3N4O3S/c1-21(24-2)13(23)9-5-6-22(7-9)8-10-3-4-11(26-10)12-19-14(25-20-12)15(16,17)18/h3-7H,8H2,1-2H3. The molecule has 0 unspecified atom stereocenters. The SMILES string of the molecule is CON(C)C(=O)c1ccn(Cc2ccc(-c3noc(C(F)(F)F)n3)s2)c1. The van der Waals surface area contributed by atoms with Crippen LogP contribution in [0.2, 0.25) is 0 Å². The number of hydroxylamine groups is 2.